The highest BCUT2D eigenvalue weighted by Crippen LogP contribution is 2.17. The van der Waals surface area contributed by atoms with Crippen LogP contribution in [0.15, 0.2) is 22.7 Å². The van der Waals surface area contributed by atoms with Gasteiger partial charge >= 0.3 is 0 Å². The molecule has 1 atom stereocenters. The van der Waals surface area contributed by atoms with Crippen LogP contribution in [0.2, 0.25) is 0 Å². The molecule has 1 amide bonds. The number of nitrogens with one attached hydrogen (secondary N) is 1. The van der Waals surface area contributed by atoms with E-state index in [0.717, 1.165) is 10.9 Å². The van der Waals surface area contributed by atoms with E-state index in [9.17, 15) is 9.18 Å². The van der Waals surface area contributed by atoms with Crippen molar-refractivity contribution in [2.75, 3.05) is 0 Å². The quantitative estimate of drug-likeness (QED) is 0.877. The second-order valence-electron chi connectivity index (χ2n) is 3.85. The molecule has 0 saturated heterocycles. The molecule has 0 heterocycles. The molecule has 0 aliphatic rings. The van der Waals surface area contributed by atoms with Crippen molar-refractivity contribution < 1.29 is 9.18 Å². The Hall–Kier alpha value is -0.940. The van der Waals surface area contributed by atoms with Crippen molar-refractivity contribution in [3.05, 3.63) is 34.1 Å². The number of rotatable bonds is 5. The second-order valence-corrected chi connectivity index (χ2v) is 4.70. The third-order valence-corrected chi connectivity index (χ3v) is 3.17. The first-order chi connectivity index (χ1) is 8.04. The minimum Gasteiger partial charge on any atom is -0.351 e. The Morgan fingerprint density at radius 3 is 2.94 bits per heavy atom. The average molecular weight is 303 g/mol. The number of hydrogen-bond donors (Lipinski definition) is 2. The average Bonchev–Trinajstić information content (AvgIpc) is 2.30. The van der Waals surface area contributed by atoms with Gasteiger partial charge in [-0.05, 0) is 30.2 Å². The van der Waals surface area contributed by atoms with E-state index in [-0.39, 0.29) is 18.3 Å². The van der Waals surface area contributed by atoms with Gasteiger partial charge in [-0.2, -0.15) is 0 Å². The van der Waals surface area contributed by atoms with Crippen molar-refractivity contribution in [2.24, 2.45) is 5.73 Å². The second kappa shape index (κ2) is 6.71. The zero-order valence-corrected chi connectivity index (χ0v) is 11.3. The summed E-state index contributed by atoms with van der Waals surface area (Å²) in [6.07, 6.45) is 1.51. The van der Waals surface area contributed by atoms with Crippen molar-refractivity contribution in [2.45, 2.75) is 32.4 Å². The summed E-state index contributed by atoms with van der Waals surface area (Å²) in [7, 11) is 0. The van der Waals surface area contributed by atoms with Gasteiger partial charge in [-0.25, -0.2) is 4.39 Å². The first-order valence-electron chi connectivity index (χ1n) is 5.51. The molecule has 94 valence electrons. The Kier molecular flexibility index (Phi) is 5.58. The van der Waals surface area contributed by atoms with Crippen LogP contribution in [-0.4, -0.2) is 11.9 Å². The lowest BCUT2D eigenvalue weighted by Gasteiger charge is -2.12. The Labute approximate surface area is 109 Å². The smallest absolute Gasteiger partial charge is 0.237 e. The molecule has 0 aromatic heterocycles. The van der Waals surface area contributed by atoms with E-state index in [0.29, 0.717) is 12.0 Å². The Morgan fingerprint density at radius 2 is 2.29 bits per heavy atom. The van der Waals surface area contributed by atoms with Crippen LogP contribution in [-0.2, 0) is 11.3 Å². The molecule has 1 aromatic carbocycles. The van der Waals surface area contributed by atoms with E-state index < -0.39 is 6.04 Å². The summed E-state index contributed by atoms with van der Waals surface area (Å²) in [5, 5.41) is 2.69. The van der Waals surface area contributed by atoms with Crippen molar-refractivity contribution in [1.29, 1.82) is 0 Å². The maximum Gasteiger partial charge on any atom is 0.237 e. The van der Waals surface area contributed by atoms with Gasteiger partial charge in [0.05, 0.1) is 6.04 Å². The molecule has 5 heteroatoms. The predicted molar refractivity (Wildman–Crippen MR) is 68.8 cm³/mol. The van der Waals surface area contributed by atoms with Crippen LogP contribution < -0.4 is 11.1 Å². The zero-order valence-electron chi connectivity index (χ0n) is 9.67. The molecular weight excluding hydrogens is 287 g/mol. The SMILES string of the molecule is CCC[C@H](N)C(=O)NCc1cc(F)ccc1Br. The lowest BCUT2D eigenvalue weighted by atomic mass is 10.1. The molecule has 0 saturated carbocycles. The zero-order chi connectivity index (χ0) is 12.8. The largest absolute Gasteiger partial charge is 0.351 e. The fourth-order valence-electron chi connectivity index (χ4n) is 1.43. The molecule has 0 unspecified atom stereocenters. The predicted octanol–water partition coefficient (Wildman–Crippen LogP) is 2.33. The third-order valence-electron chi connectivity index (χ3n) is 2.40. The Balaban J connectivity index is 2.55. The first-order valence-corrected chi connectivity index (χ1v) is 6.31. The van der Waals surface area contributed by atoms with E-state index in [1.165, 1.54) is 12.1 Å². The monoisotopic (exact) mass is 302 g/mol. The van der Waals surface area contributed by atoms with Crippen molar-refractivity contribution in [3.8, 4) is 0 Å². The standard InChI is InChI=1S/C12H16BrFN2O/c1-2-3-11(15)12(17)16-7-8-6-9(14)4-5-10(8)13/h4-6,11H,2-3,7,15H2,1H3,(H,16,17)/t11-/m0/s1. The Bertz CT molecular complexity index is 398. The lowest BCUT2D eigenvalue weighted by molar-refractivity contribution is -0.122. The number of hydrogen-bond acceptors (Lipinski definition) is 2. The van der Waals surface area contributed by atoms with Crippen molar-refractivity contribution >= 4 is 21.8 Å². The van der Waals surface area contributed by atoms with Crippen molar-refractivity contribution in [3.63, 3.8) is 0 Å². The van der Waals surface area contributed by atoms with Gasteiger partial charge in [0.25, 0.3) is 0 Å². The summed E-state index contributed by atoms with van der Waals surface area (Å²) in [4.78, 5) is 11.6. The lowest BCUT2D eigenvalue weighted by Crippen LogP contribution is -2.40. The summed E-state index contributed by atoms with van der Waals surface area (Å²) in [6, 6.07) is 3.86. The van der Waals surface area contributed by atoms with Crippen molar-refractivity contribution in [1.82, 2.24) is 5.32 Å². The summed E-state index contributed by atoms with van der Waals surface area (Å²) in [6.45, 7) is 2.24. The third kappa shape index (κ3) is 4.44. The molecule has 17 heavy (non-hydrogen) atoms. The van der Waals surface area contributed by atoms with Crippen LogP contribution in [0.5, 0.6) is 0 Å². The van der Waals surface area contributed by atoms with E-state index in [1.54, 1.807) is 6.07 Å². The molecule has 1 rings (SSSR count). The van der Waals surface area contributed by atoms with Crippen LogP contribution in [0.25, 0.3) is 0 Å². The topological polar surface area (TPSA) is 55.1 Å². The fourth-order valence-corrected chi connectivity index (χ4v) is 1.82. The number of nitrogens with two attached hydrogens (primary N) is 1. The van der Waals surface area contributed by atoms with Crippen LogP contribution >= 0.6 is 15.9 Å². The van der Waals surface area contributed by atoms with E-state index in [1.807, 2.05) is 6.92 Å². The van der Waals surface area contributed by atoms with E-state index in [2.05, 4.69) is 21.2 Å². The van der Waals surface area contributed by atoms with Gasteiger partial charge < -0.3 is 11.1 Å². The maximum absolute atomic E-state index is 13.0. The first kappa shape index (κ1) is 14.1. The van der Waals surface area contributed by atoms with E-state index in [4.69, 9.17) is 5.73 Å². The molecule has 0 bridgehead atoms. The molecule has 3 nitrogen and oxygen atoms in total. The number of amides is 1. The normalized spacial score (nSPS) is 12.2. The minimum absolute atomic E-state index is 0.206. The molecule has 1 aromatic rings. The van der Waals surface area contributed by atoms with Crippen LogP contribution in [0, 0.1) is 5.82 Å². The summed E-state index contributed by atoms with van der Waals surface area (Å²) in [5.41, 5.74) is 6.36. The van der Waals surface area contributed by atoms with Gasteiger partial charge in [0.1, 0.15) is 5.82 Å². The summed E-state index contributed by atoms with van der Waals surface area (Å²) in [5.74, 6) is -0.529. The summed E-state index contributed by atoms with van der Waals surface area (Å²) >= 11 is 3.30. The van der Waals surface area contributed by atoms with Crippen LogP contribution in [0.4, 0.5) is 4.39 Å². The van der Waals surface area contributed by atoms with Gasteiger partial charge in [-0.15, -0.1) is 0 Å². The maximum atomic E-state index is 13.0. The van der Waals surface area contributed by atoms with Gasteiger partial charge in [0.2, 0.25) is 5.91 Å². The highest BCUT2D eigenvalue weighted by atomic mass is 79.9. The highest BCUT2D eigenvalue weighted by Gasteiger charge is 2.12. The molecule has 0 aliphatic heterocycles. The number of benzene rings is 1. The molecule has 0 radical (unpaired) electrons. The molecule has 0 fully saturated rings. The molecule has 0 spiro atoms. The summed E-state index contributed by atoms with van der Waals surface area (Å²) < 4.78 is 13.8. The molecular formula is C12H16BrFN2O. The number of halogens is 2. The van der Waals surface area contributed by atoms with Gasteiger partial charge in [-0.3, -0.25) is 4.79 Å². The fraction of sp³-hybridized carbons (Fsp3) is 0.417. The molecule has 3 N–H and O–H groups in total. The molecule has 0 aliphatic carbocycles. The van der Waals surface area contributed by atoms with Gasteiger partial charge in [0.15, 0.2) is 0 Å². The van der Waals surface area contributed by atoms with Gasteiger partial charge in [0, 0.05) is 11.0 Å². The van der Waals surface area contributed by atoms with Crippen LogP contribution in [0.1, 0.15) is 25.3 Å². The number of carbonyl (C=O) groups is 1. The highest BCUT2D eigenvalue weighted by molar-refractivity contribution is 9.10. The van der Waals surface area contributed by atoms with Gasteiger partial charge in [-0.1, -0.05) is 29.3 Å². The number of carbonyl (C=O) groups excluding carboxylic acids is 1. The Morgan fingerprint density at radius 1 is 1.59 bits per heavy atom. The minimum atomic E-state index is -0.493. The van der Waals surface area contributed by atoms with E-state index >= 15 is 0 Å². The van der Waals surface area contributed by atoms with Crippen LogP contribution in [0.3, 0.4) is 0 Å².